The average molecular weight is 304 g/mol. The first-order valence-electron chi connectivity index (χ1n) is 5.93. The lowest BCUT2D eigenvalue weighted by molar-refractivity contribution is 0.792. The SMILES string of the molecule is Cn1ccnc1N(CCCSC(C)(C)C)C(=S)S. The summed E-state index contributed by atoms with van der Waals surface area (Å²) in [4.78, 5) is 6.28. The third-order valence-electron chi connectivity index (χ3n) is 2.33. The van der Waals surface area contributed by atoms with Gasteiger partial charge in [0.25, 0.3) is 0 Å². The predicted molar refractivity (Wildman–Crippen MR) is 89.0 cm³/mol. The molecule has 0 fully saturated rings. The van der Waals surface area contributed by atoms with E-state index in [1.165, 1.54) is 0 Å². The molecule has 0 aliphatic rings. The Balaban J connectivity index is 2.51. The first kappa shape index (κ1) is 15.9. The van der Waals surface area contributed by atoms with Gasteiger partial charge in [0.2, 0.25) is 5.95 Å². The molecular formula is C12H21N3S3. The van der Waals surface area contributed by atoms with Gasteiger partial charge in [-0.2, -0.15) is 11.8 Å². The van der Waals surface area contributed by atoms with Crippen molar-refractivity contribution < 1.29 is 0 Å². The minimum Gasteiger partial charge on any atom is -0.320 e. The molecule has 0 aliphatic heterocycles. The molecule has 0 amide bonds. The van der Waals surface area contributed by atoms with Crippen LogP contribution in [0, 0.1) is 0 Å². The number of aryl methyl sites for hydroxylation is 1. The third kappa shape index (κ3) is 5.20. The monoisotopic (exact) mass is 303 g/mol. The standard InChI is InChI=1S/C12H21N3S3/c1-12(2,3)18-9-5-7-15(11(16)17)10-13-6-8-14(10)4/h6,8H,5,7,9H2,1-4H3,(H,16,17). The zero-order valence-electron chi connectivity index (χ0n) is 11.4. The van der Waals surface area contributed by atoms with Crippen molar-refractivity contribution in [3.8, 4) is 0 Å². The maximum atomic E-state index is 5.18. The van der Waals surface area contributed by atoms with Crippen molar-refractivity contribution in [1.29, 1.82) is 0 Å². The van der Waals surface area contributed by atoms with Crippen LogP contribution in [0.1, 0.15) is 27.2 Å². The fourth-order valence-electron chi connectivity index (χ4n) is 1.50. The molecule has 0 spiro atoms. The molecule has 1 heterocycles. The number of thiol groups is 1. The summed E-state index contributed by atoms with van der Waals surface area (Å²) < 4.78 is 2.85. The summed E-state index contributed by atoms with van der Waals surface area (Å²) >= 11 is 11.4. The van der Waals surface area contributed by atoms with Gasteiger partial charge in [0.15, 0.2) is 0 Å². The van der Waals surface area contributed by atoms with Gasteiger partial charge < -0.3 is 4.57 Å². The number of thiocarbonyl (C=S) groups is 1. The second kappa shape index (κ2) is 6.82. The summed E-state index contributed by atoms with van der Waals surface area (Å²) in [6.07, 6.45) is 4.76. The van der Waals surface area contributed by atoms with E-state index in [9.17, 15) is 0 Å². The number of aromatic nitrogens is 2. The predicted octanol–water partition coefficient (Wildman–Crippen LogP) is 3.36. The van der Waals surface area contributed by atoms with Gasteiger partial charge in [-0.05, 0) is 12.2 Å². The maximum Gasteiger partial charge on any atom is 0.210 e. The van der Waals surface area contributed by atoms with Crippen molar-refractivity contribution in [2.24, 2.45) is 7.05 Å². The van der Waals surface area contributed by atoms with E-state index in [1.54, 1.807) is 6.20 Å². The van der Waals surface area contributed by atoms with Crippen LogP contribution in [0.4, 0.5) is 5.95 Å². The highest BCUT2D eigenvalue weighted by Crippen LogP contribution is 2.24. The molecule has 0 unspecified atom stereocenters. The molecule has 0 aliphatic carbocycles. The summed E-state index contributed by atoms with van der Waals surface area (Å²) in [5, 5.41) is 0. The van der Waals surface area contributed by atoms with E-state index in [4.69, 9.17) is 12.2 Å². The van der Waals surface area contributed by atoms with E-state index in [-0.39, 0.29) is 0 Å². The van der Waals surface area contributed by atoms with Crippen LogP contribution in [0.5, 0.6) is 0 Å². The van der Waals surface area contributed by atoms with Crippen LogP contribution in [-0.4, -0.2) is 30.9 Å². The Kier molecular flexibility index (Phi) is 6.01. The van der Waals surface area contributed by atoms with E-state index in [1.807, 2.05) is 34.5 Å². The number of thioether (sulfide) groups is 1. The van der Waals surface area contributed by atoms with Crippen molar-refractivity contribution in [2.45, 2.75) is 31.9 Å². The number of hydrogen-bond donors (Lipinski definition) is 1. The van der Waals surface area contributed by atoms with E-state index < -0.39 is 0 Å². The average Bonchev–Trinajstić information content (AvgIpc) is 2.62. The normalized spacial score (nSPS) is 11.6. The Hall–Kier alpha value is -0.200. The van der Waals surface area contributed by atoms with Crippen LogP contribution in [0.3, 0.4) is 0 Å². The molecular weight excluding hydrogens is 282 g/mol. The van der Waals surface area contributed by atoms with Crippen molar-refractivity contribution in [2.75, 3.05) is 17.2 Å². The molecule has 1 aromatic rings. The lowest BCUT2D eigenvalue weighted by Gasteiger charge is -2.23. The summed E-state index contributed by atoms with van der Waals surface area (Å²) in [7, 11) is 1.96. The number of imidazole rings is 1. The molecule has 1 rings (SSSR count). The molecule has 0 aromatic carbocycles. The molecule has 1 aromatic heterocycles. The van der Waals surface area contributed by atoms with E-state index in [0.29, 0.717) is 9.07 Å². The van der Waals surface area contributed by atoms with Crippen LogP contribution in [-0.2, 0) is 7.05 Å². The Morgan fingerprint density at radius 2 is 2.22 bits per heavy atom. The van der Waals surface area contributed by atoms with E-state index in [0.717, 1.165) is 24.7 Å². The van der Waals surface area contributed by atoms with Crippen LogP contribution in [0.15, 0.2) is 12.4 Å². The summed E-state index contributed by atoms with van der Waals surface area (Å²) in [5.41, 5.74) is 0. The fraction of sp³-hybridized carbons (Fsp3) is 0.667. The number of anilines is 1. The number of nitrogens with zero attached hydrogens (tertiary/aromatic N) is 3. The van der Waals surface area contributed by atoms with Gasteiger partial charge in [0, 0.05) is 30.7 Å². The van der Waals surface area contributed by atoms with Gasteiger partial charge in [-0.3, -0.25) is 4.90 Å². The van der Waals surface area contributed by atoms with Gasteiger partial charge in [0.1, 0.15) is 4.32 Å². The lowest BCUT2D eigenvalue weighted by atomic mass is 10.3. The molecule has 0 bridgehead atoms. The molecule has 0 atom stereocenters. The largest absolute Gasteiger partial charge is 0.320 e. The molecule has 0 saturated heterocycles. The van der Waals surface area contributed by atoms with Gasteiger partial charge in [-0.1, -0.05) is 33.0 Å². The smallest absolute Gasteiger partial charge is 0.210 e. The maximum absolute atomic E-state index is 5.18. The molecule has 6 heteroatoms. The molecule has 102 valence electrons. The Morgan fingerprint density at radius 1 is 1.56 bits per heavy atom. The molecule has 0 radical (unpaired) electrons. The fourth-order valence-corrected chi connectivity index (χ4v) is 2.75. The van der Waals surface area contributed by atoms with Crippen molar-refractivity contribution in [1.82, 2.24) is 9.55 Å². The Bertz CT molecular complexity index is 396. The van der Waals surface area contributed by atoms with E-state index >= 15 is 0 Å². The van der Waals surface area contributed by atoms with Gasteiger partial charge >= 0.3 is 0 Å². The second-order valence-corrected chi connectivity index (χ2v) is 8.12. The second-order valence-electron chi connectivity index (χ2n) is 5.09. The molecule has 0 N–H and O–H groups in total. The van der Waals surface area contributed by atoms with Crippen molar-refractivity contribution in [3.05, 3.63) is 12.4 Å². The minimum atomic E-state index is 0.315. The highest BCUT2D eigenvalue weighted by atomic mass is 32.2. The Labute approximate surface area is 125 Å². The summed E-state index contributed by atoms with van der Waals surface area (Å²) in [6, 6.07) is 0. The minimum absolute atomic E-state index is 0.315. The topological polar surface area (TPSA) is 21.1 Å². The molecule has 18 heavy (non-hydrogen) atoms. The van der Waals surface area contributed by atoms with Gasteiger partial charge in [-0.25, -0.2) is 4.98 Å². The zero-order chi connectivity index (χ0) is 13.8. The number of rotatable bonds is 5. The summed E-state index contributed by atoms with van der Waals surface area (Å²) in [5.74, 6) is 1.97. The van der Waals surface area contributed by atoms with Crippen molar-refractivity contribution in [3.63, 3.8) is 0 Å². The van der Waals surface area contributed by atoms with E-state index in [2.05, 4.69) is 38.4 Å². The highest BCUT2D eigenvalue weighted by Gasteiger charge is 2.14. The first-order chi connectivity index (χ1) is 8.31. The Morgan fingerprint density at radius 3 is 2.67 bits per heavy atom. The highest BCUT2D eigenvalue weighted by molar-refractivity contribution is 8.11. The quantitative estimate of drug-likeness (QED) is 0.511. The van der Waals surface area contributed by atoms with Crippen LogP contribution in [0.25, 0.3) is 0 Å². The molecule has 3 nitrogen and oxygen atoms in total. The van der Waals surface area contributed by atoms with Crippen LogP contribution in [0.2, 0.25) is 0 Å². The third-order valence-corrected chi connectivity index (χ3v) is 4.15. The van der Waals surface area contributed by atoms with Crippen LogP contribution < -0.4 is 4.90 Å². The lowest BCUT2D eigenvalue weighted by Crippen LogP contribution is -2.30. The van der Waals surface area contributed by atoms with Crippen molar-refractivity contribution >= 4 is 46.9 Å². The van der Waals surface area contributed by atoms with Crippen LogP contribution >= 0.6 is 36.6 Å². The van der Waals surface area contributed by atoms with Gasteiger partial charge in [-0.15, -0.1) is 12.6 Å². The summed E-state index contributed by atoms with van der Waals surface area (Å²) in [6.45, 7) is 7.56. The van der Waals surface area contributed by atoms with Gasteiger partial charge in [0.05, 0.1) is 0 Å². The molecule has 0 saturated carbocycles. The first-order valence-corrected chi connectivity index (χ1v) is 7.77. The zero-order valence-corrected chi connectivity index (χ0v) is 13.9. The number of hydrogen-bond acceptors (Lipinski definition) is 3.